The van der Waals surface area contributed by atoms with Crippen LogP contribution in [0.15, 0.2) is 0 Å². The fraction of sp³-hybridized carbons (Fsp3) is 0.909. The molecular formula is C11H21NO3. The van der Waals surface area contributed by atoms with Crippen molar-refractivity contribution in [3.05, 3.63) is 0 Å². The third-order valence-corrected chi connectivity index (χ3v) is 2.84. The molecule has 0 radical (unpaired) electrons. The van der Waals surface area contributed by atoms with Crippen molar-refractivity contribution in [3.8, 4) is 0 Å². The Morgan fingerprint density at radius 1 is 1.53 bits per heavy atom. The normalized spacial score (nSPS) is 19.9. The minimum atomic E-state index is -0.162. The minimum Gasteiger partial charge on any atom is -0.464 e. The summed E-state index contributed by atoms with van der Waals surface area (Å²) < 4.78 is 10.5. The number of ether oxygens (including phenoxy) is 2. The van der Waals surface area contributed by atoms with Crippen molar-refractivity contribution in [2.24, 2.45) is 5.92 Å². The second kappa shape index (κ2) is 6.80. The van der Waals surface area contributed by atoms with Crippen molar-refractivity contribution in [1.29, 1.82) is 0 Å². The number of hydrogen-bond donors (Lipinski definition) is 1. The van der Waals surface area contributed by atoms with Gasteiger partial charge in [-0.2, -0.15) is 0 Å². The molecule has 1 aliphatic heterocycles. The van der Waals surface area contributed by atoms with Gasteiger partial charge in [0.1, 0.15) is 6.04 Å². The third-order valence-electron chi connectivity index (χ3n) is 2.84. The first-order valence-electron chi connectivity index (χ1n) is 5.69. The third kappa shape index (κ3) is 4.18. The summed E-state index contributed by atoms with van der Waals surface area (Å²) in [5.74, 6) is 0.351. The molecule has 1 N–H and O–H groups in total. The lowest BCUT2D eigenvalue weighted by atomic mass is 10.0. The molecule has 0 aromatic carbocycles. The Labute approximate surface area is 91.3 Å². The first kappa shape index (κ1) is 12.5. The van der Waals surface area contributed by atoms with E-state index in [1.54, 1.807) is 7.05 Å². The molecule has 0 aromatic rings. The SMILES string of the molecule is CCC(NC)C(=O)OCC1CCOCC1. The monoisotopic (exact) mass is 215 g/mol. The van der Waals surface area contributed by atoms with Gasteiger partial charge in [-0.3, -0.25) is 4.79 Å². The Morgan fingerprint density at radius 3 is 2.73 bits per heavy atom. The van der Waals surface area contributed by atoms with Crippen LogP contribution in [0.25, 0.3) is 0 Å². The molecule has 1 saturated heterocycles. The van der Waals surface area contributed by atoms with Crippen LogP contribution in [0.2, 0.25) is 0 Å². The summed E-state index contributed by atoms with van der Waals surface area (Å²) in [6.07, 6.45) is 2.77. The van der Waals surface area contributed by atoms with Crippen molar-refractivity contribution < 1.29 is 14.3 Å². The lowest BCUT2D eigenvalue weighted by molar-refractivity contribution is -0.148. The van der Waals surface area contributed by atoms with E-state index in [4.69, 9.17) is 9.47 Å². The quantitative estimate of drug-likeness (QED) is 0.694. The van der Waals surface area contributed by atoms with Crippen LogP contribution in [0.3, 0.4) is 0 Å². The molecule has 15 heavy (non-hydrogen) atoms. The van der Waals surface area contributed by atoms with E-state index in [-0.39, 0.29) is 12.0 Å². The highest BCUT2D eigenvalue weighted by atomic mass is 16.5. The largest absolute Gasteiger partial charge is 0.464 e. The second-order valence-electron chi connectivity index (χ2n) is 3.94. The Bertz CT molecular complexity index is 186. The smallest absolute Gasteiger partial charge is 0.323 e. The lowest BCUT2D eigenvalue weighted by Crippen LogP contribution is -2.36. The Balaban J connectivity index is 2.20. The molecule has 0 aromatic heterocycles. The van der Waals surface area contributed by atoms with E-state index in [0.717, 1.165) is 32.5 Å². The highest BCUT2D eigenvalue weighted by molar-refractivity contribution is 5.75. The van der Waals surface area contributed by atoms with Gasteiger partial charge in [-0.1, -0.05) is 6.92 Å². The van der Waals surface area contributed by atoms with Gasteiger partial charge in [0.2, 0.25) is 0 Å². The van der Waals surface area contributed by atoms with Crippen molar-refractivity contribution in [2.45, 2.75) is 32.2 Å². The highest BCUT2D eigenvalue weighted by Gasteiger charge is 2.19. The number of carbonyl (C=O) groups excluding carboxylic acids is 1. The van der Waals surface area contributed by atoms with Gasteiger partial charge in [-0.25, -0.2) is 0 Å². The van der Waals surface area contributed by atoms with Crippen LogP contribution >= 0.6 is 0 Å². The molecule has 1 heterocycles. The molecule has 88 valence electrons. The van der Waals surface area contributed by atoms with E-state index < -0.39 is 0 Å². The van der Waals surface area contributed by atoms with Gasteiger partial charge >= 0.3 is 5.97 Å². The van der Waals surface area contributed by atoms with E-state index >= 15 is 0 Å². The van der Waals surface area contributed by atoms with E-state index in [1.807, 2.05) is 6.92 Å². The second-order valence-corrected chi connectivity index (χ2v) is 3.94. The molecule has 1 rings (SSSR count). The number of hydrogen-bond acceptors (Lipinski definition) is 4. The molecule has 1 aliphatic rings. The first-order valence-corrected chi connectivity index (χ1v) is 5.69. The van der Waals surface area contributed by atoms with Gasteiger partial charge in [-0.15, -0.1) is 0 Å². The van der Waals surface area contributed by atoms with Gasteiger partial charge in [0.15, 0.2) is 0 Å². The zero-order chi connectivity index (χ0) is 11.1. The minimum absolute atomic E-state index is 0.133. The maximum atomic E-state index is 11.5. The molecule has 0 bridgehead atoms. The van der Waals surface area contributed by atoms with Crippen LogP contribution in [0, 0.1) is 5.92 Å². The number of esters is 1. The summed E-state index contributed by atoms with van der Waals surface area (Å²) in [5.41, 5.74) is 0. The zero-order valence-corrected chi connectivity index (χ0v) is 9.62. The molecule has 1 fully saturated rings. The number of rotatable bonds is 5. The van der Waals surface area contributed by atoms with Gasteiger partial charge in [0.25, 0.3) is 0 Å². The first-order chi connectivity index (χ1) is 7.27. The summed E-state index contributed by atoms with van der Waals surface area (Å²) in [7, 11) is 1.78. The van der Waals surface area contributed by atoms with Gasteiger partial charge < -0.3 is 14.8 Å². The van der Waals surface area contributed by atoms with E-state index in [0.29, 0.717) is 12.5 Å². The average Bonchev–Trinajstić information content (AvgIpc) is 2.29. The van der Waals surface area contributed by atoms with Crippen LogP contribution in [0.5, 0.6) is 0 Å². The molecule has 0 saturated carbocycles. The van der Waals surface area contributed by atoms with E-state index in [2.05, 4.69) is 5.32 Å². The van der Waals surface area contributed by atoms with Crippen LogP contribution < -0.4 is 5.32 Å². The van der Waals surface area contributed by atoms with Gasteiger partial charge in [-0.05, 0) is 32.2 Å². The van der Waals surface area contributed by atoms with Gasteiger partial charge in [0, 0.05) is 13.2 Å². The summed E-state index contributed by atoms with van der Waals surface area (Å²) in [4.78, 5) is 11.5. The average molecular weight is 215 g/mol. The number of likely N-dealkylation sites (N-methyl/N-ethyl adjacent to an activating group) is 1. The standard InChI is InChI=1S/C11H21NO3/c1-3-10(12-2)11(13)15-8-9-4-6-14-7-5-9/h9-10,12H,3-8H2,1-2H3. The number of nitrogens with one attached hydrogen (secondary N) is 1. The number of carbonyl (C=O) groups is 1. The fourth-order valence-corrected chi connectivity index (χ4v) is 1.70. The van der Waals surface area contributed by atoms with Gasteiger partial charge in [0.05, 0.1) is 6.61 Å². The topological polar surface area (TPSA) is 47.6 Å². The predicted octanol–water partition coefficient (Wildman–Crippen LogP) is 0.954. The Morgan fingerprint density at radius 2 is 2.20 bits per heavy atom. The van der Waals surface area contributed by atoms with E-state index in [9.17, 15) is 4.79 Å². The zero-order valence-electron chi connectivity index (χ0n) is 9.62. The molecule has 4 nitrogen and oxygen atoms in total. The maximum absolute atomic E-state index is 11.5. The molecule has 0 spiro atoms. The molecule has 4 heteroatoms. The lowest BCUT2D eigenvalue weighted by Gasteiger charge is -2.22. The maximum Gasteiger partial charge on any atom is 0.323 e. The summed E-state index contributed by atoms with van der Waals surface area (Å²) in [6, 6.07) is -0.162. The Hall–Kier alpha value is -0.610. The summed E-state index contributed by atoms with van der Waals surface area (Å²) >= 11 is 0. The summed E-state index contributed by atoms with van der Waals surface area (Å²) in [6.45, 7) is 4.11. The van der Waals surface area contributed by atoms with Crippen LogP contribution in [0.4, 0.5) is 0 Å². The molecule has 0 amide bonds. The van der Waals surface area contributed by atoms with Crippen molar-refractivity contribution in [3.63, 3.8) is 0 Å². The molecular weight excluding hydrogens is 194 g/mol. The van der Waals surface area contributed by atoms with Crippen molar-refractivity contribution >= 4 is 5.97 Å². The fourth-order valence-electron chi connectivity index (χ4n) is 1.70. The van der Waals surface area contributed by atoms with Crippen molar-refractivity contribution in [1.82, 2.24) is 5.32 Å². The Kier molecular flexibility index (Phi) is 5.65. The van der Waals surface area contributed by atoms with E-state index in [1.165, 1.54) is 0 Å². The molecule has 1 atom stereocenters. The predicted molar refractivity (Wildman–Crippen MR) is 57.6 cm³/mol. The molecule has 0 aliphatic carbocycles. The highest BCUT2D eigenvalue weighted by Crippen LogP contribution is 2.15. The van der Waals surface area contributed by atoms with Crippen molar-refractivity contribution in [2.75, 3.05) is 26.9 Å². The van der Waals surface area contributed by atoms with Crippen LogP contribution in [0.1, 0.15) is 26.2 Å². The van der Waals surface area contributed by atoms with Crippen LogP contribution in [-0.2, 0) is 14.3 Å². The molecule has 1 unspecified atom stereocenters. The van der Waals surface area contributed by atoms with Crippen LogP contribution in [-0.4, -0.2) is 38.9 Å². The summed E-state index contributed by atoms with van der Waals surface area (Å²) in [5, 5.41) is 2.94.